The normalized spacial score (nSPS) is 20.4. The summed E-state index contributed by atoms with van der Waals surface area (Å²) in [6.07, 6.45) is 8.55. The number of thiophene rings is 1. The number of nitrogens with one attached hydrogen (secondary N) is 1. The summed E-state index contributed by atoms with van der Waals surface area (Å²) >= 11 is 7.76. The highest BCUT2D eigenvalue weighted by Gasteiger charge is 2.52. The molecule has 1 aliphatic carbocycles. The second-order valence-corrected chi connectivity index (χ2v) is 12.2. The maximum Gasteiger partial charge on any atom is 0.271 e. The molecule has 0 radical (unpaired) electrons. The molecule has 4 aromatic rings. The van der Waals surface area contributed by atoms with Gasteiger partial charge in [0.1, 0.15) is 5.69 Å². The van der Waals surface area contributed by atoms with Crippen molar-refractivity contribution in [3.05, 3.63) is 94.0 Å². The summed E-state index contributed by atoms with van der Waals surface area (Å²) in [7, 11) is 0. The van der Waals surface area contributed by atoms with Crippen LogP contribution in [0.5, 0.6) is 0 Å². The molecule has 1 atom stereocenters. The van der Waals surface area contributed by atoms with E-state index >= 15 is 0 Å². The Labute approximate surface area is 238 Å². The molecule has 7 heteroatoms. The fourth-order valence-electron chi connectivity index (χ4n) is 6.33. The van der Waals surface area contributed by atoms with Crippen LogP contribution in [-0.4, -0.2) is 33.9 Å². The van der Waals surface area contributed by atoms with Gasteiger partial charge in [0, 0.05) is 17.6 Å². The van der Waals surface area contributed by atoms with Gasteiger partial charge in [0.15, 0.2) is 5.54 Å². The summed E-state index contributed by atoms with van der Waals surface area (Å²) in [5.41, 5.74) is 2.43. The minimum Gasteiger partial charge on any atom is -0.351 e. The molecule has 5 nitrogen and oxygen atoms in total. The summed E-state index contributed by atoms with van der Waals surface area (Å²) in [6, 6.07) is 21.8. The number of carbonyl (C=O) groups excluding carboxylic acids is 2. The topological polar surface area (TPSA) is 54.3 Å². The molecule has 1 N–H and O–H groups in total. The summed E-state index contributed by atoms with van der Waals surface area (Å²) in [4.78, 5) is 30.9. The van der Waals surface area contributed by atoms with Crippen molar-refractivity contribution in [1.82, 2.24) is 14.8 Å². The van der Waals surface area contributed by atoms with Crippen molar-refractivity contribution in [3.63, 3.8) is 0 Å². The number of carbonyl (C=O) groups is 2. The second-order valence-electron chi connectivity index (χ2n) is 10.9. The Morgan fingerprint density at radius 2 is 1.69 bits per heavy atom. The molecule has 2 aromatic heterocycles. The third kappa shape index (κ3) is 5.01. The third-order valence-corrected chi connectivity index (χ3v) is 9.54. The van der Waals surface area contributed by atoms with Crippen LogP contribution in [0.1, 0.15) is 66.6 Å². The summed E-state index contributed by atoms with van der Waals surface area (Å²) < 4.78 is 3.14. The van der Waals surface area contributed by atoms with Crippen LogP contribution in [0.2, 0.25) is 5.02 Å². The van der Waals surface area contributed by atoms with Crippen LogP contribution in [-0.2, 0) is 23.3 Å². The third-order valence-electron chi connectivity index (χ3n) is 8.44. The molecule has 39 heavy (non-hydrogen) atoms. The number of nitrogens with zero attached hydrogens (tertiary/aromatic N) is 2. The number of amides is 2. The molecule has 1 aliphatic heterocycles. The van der Waals surface area contributed by atoms with Crippen molar-refractivity contribution in [2.24, 2.45) is 0 Å². The average Bonchev–Trinajstić information content (AvgIpc) is 3.53. The lowest BCUT2D eigenvalue weighted by molar-refractivity contribution is -0.135. The number of fused-ring (bicyclic) bond motifs is 3. The number of hydrogen-bond acceptors (Lipinski definition) is 3. The predicted molar refractivity (Wildman–Crippen MR) is 158 cm³/mol. The molecule has 2 aliphatic rings. The Balaban J connectivity index is 1.44. The number of aromatic nitrogens is 1. The molecule has 1 fully saturated rings. The van der Waals surface area contributed by atoms with Gasteiger partial charge in [-0.2, -0.15) is 0 Å². The molecule has 0 saturated heterocycles. The Kier molecular flexibility index (Phi) is 7.50. The molecular formula is C32H34ClN3O2S. The first-order valence-corrected chi connectivity index (χ1v) is 15.3. The van der Waals surface area contributed by atoms with E-state index in [-0.39, 0.29) is 17.9 Å². The van der Waals surface area contributed by atoms with Crippen LogP contribution >= 0.6 is 22.9 Å². The van der Waals surface area contributed by atoms with Crippen LogP contribution in [0.3, 0.4) is 0 Å². The Hall–Kier alpha value is -3.09. The van der Waals surface area contributed by atoms with Crippen LogP contribution < -0.4 is 5.32 Å². The zero-order valence-corrected chi connectivity index (χ0v) is 23.6. The van der Waals surface area contributed by atoms with E-state index in [1.54, 1.807) is 11.3 Å². The van der Waals surface area contributed by atoms with E-state index in [9.17, 15) is 9.59 Å². The zero-order chi connectivity index (χ0) is 26.8. The van der Waals surface area contributed by atoms with Gasteiger partial charge in [-0.1, -0.05) is 86.2 Å². The van der Waals surface area contributed by atoms with Gasteiger partial charge in [0.05, 0.1) is 16.8 Å². The van der Waals surface area contributed by atoms with Crippen molar-refractivity contribution in [2.75, 3.05) is 6.54 Å². The SMILES string of the molecule is O=C1c2cc3sccc3n2C[C@](C(=O)NC2CCCCCCC2)(c2ccccc2)N1CCc1ccc(Cl)cc1. The molecule has 2 amide bonds. The summed E-state index contributed by atoms with van der Waals surface area (Å²) in [5, 5.41) is 6.19. The fraction of sp³-hybridized carbons (Fsp3) is 0.375. The minimum atomic E-state index is -1.16. The first-order valence-electron chi connectivity index (χ1n) is 14.1. The van der Waals surface area contributed by atoms with Crippen LogP contribution in [0.15, 0.2) is 72.1 Å². The van der Waals surface area contributed by atoms with Gasteiger partial charge in [-0.05, 0) is 60.0 Å². The molecule has 6 rings (SSSR count). The summed E-state index contributed by atoms with van der Waals surface area (Å²) in [5.74, 6) is -0.179. The standard InChI is InChI=1S/C32H34ClN3O2S/c33-25-15-13-23(14-16-25)17-19-36-30(37)28-21-29-27(18-20-39-29)35(28)22-32(36,24-9-5-4-6-10-24)31(38)34-26-11-7-2-1-3-8-12-26/h4-6,9-10,13-16,18,20-21,26H,1-3,7-8,11-12,17,19,22H2,(H,34,38)/t32-/m1/s1. The van der Waals surface area contributed by atoms with Gasteiger partial charge in [0.2, 0.25) is 0 Å². The van der Waals surface area contributed by atoms with E-state index in [4.69, 9.17) is 11.6 Å². The van der Waals surface area contributed by atoms with Gasteiger partial charge in [-0.15, -0.1) is 11.3 Å². The van der Waals surface area contributed by atoms with E-state index in [2.05, 4.69) is 16.0 Å². The lowest BCUT2D eigenvalue weighted by Crippen LogP contribution is -2.64. The van der Waals surface area contributed by atoms with Gasteiger partial charge in [0.25, 0.3) is 11.8 Å². The molecule has 202 valence electrons. The van der Waals surface area contributed by atoms with E-state index in [1.807, 2.05) is 70.9 Å². The van der Waals surface area contributed by atoms with Crippen LogP contribution in [0.25, 0.3) is 10.2 Å². The smallest absolute Gasteiger partial charge is 0.271 e. The van der Waals surface area contributed by atoms with E-state index in [1.165, 1.54) is 19.3 Å². The molecule has 0 unspecified atom stereocenters. The zero-order valence-electron chi connectivity index (χ0n) is 22.1. The fourth-order valence-corrected chi connectivity index (χ4v) is 7.27. The Morgan fingerprint density at radius 3 is 2.44 bits per heavy atom. The van der Waals surface area contributed by atoms with Crippen molar-refractivity contribution >= 4 is 45.0 Å². The van der Waals surface area contributed by atoms with Crippen LogP contribution in [0, 0.1) is 0 Å². The second kappa shape index (κ2) is 11.2. The van der Waals surface area contributed by atoms with Crippen molar-refractivity contribution in [2.45, 2.75) is 69.5 Å². The highest BCUT2D eigenvalue weighted by atomic mass is 35.5. The highest BCUT2D eigenvalue weighted by Crippen LogP contribution is 2.40. The van der Waals surface area contributed by atoms with E-state index < -0.39 is 5.54 Å². The predicted octanol–water partition coefficient (Wildman–Crippen LogP) is 7.18. The van der Waals surface area contributed by atoms with Crippen molar-refractivity contribution in [1.29, 1.82) is 0 Å². The molecule has 0 spiro atoms. The largest absolute Gasteiger partial charge is 0.351 e. The molecule has 0 bridgehead atoms. The lowest BCUT2D eigenvalue weighted by Gasteiger charge is -2.47. The monoisotopic (exact) mass is 559 g/mol. The molecule has 3 heterocycles. The maximum atomic E-state index is 14.7. The Morgan fingerprint density at radius 1 is 0.974 bits per heavy atom. The highest BCUT2D eigenvalue weighted by molar-refractivity contribution is 7.17. The minimum absolute atomic E-state index is 0.0774. The number of halogens is 1. The first kappa shape index (κ1) is 26.1. The first-order chi connectivity index (χ1) is 19.1. The average molecular weight is 560 g/mol. The molecule has 1 saturated carbocycles. The maximum absolute atomic E-state index is 14.7. The molecular weight excluding hydrogens is 526 g/mol. The molecule has 2 aromatic carbocycles. The van der Waals surface area contributed by atoms with Gasteiger partial charge < -0.3 is 14.8 Å². The Bertz CT molecular complexity index is 1450. The van der Waals surface area contributed by atoms with E-state index in [0.717, 1.165) is 47.0 Å². The van der Waals surface area contributed by atoms with Crippen molar-refractivity contribution < 1.29 is 9.59 Å². The number of rotatable bonds is 6. The number of benzene rings is 2. The summed E-state index contributed by atoms with van der Waals surface area (Å²) in [6.45, 7) is 0.809. The van der Waals surface area contributed by atoms with Gasteiger partial charge in [-0.3, -0.25) is 9.59 Å². The number of hydrogen-bond donors (Lipinski definition) is 1. The quantitative estimate of drug-likeness (QED) is 0.272. The lowest BCUT2D eigenvalue weighted by atomic mass is 9.83. The van der Waals surface area contributed by atoms with Gasteiger partial charge >= 0.3 is 0 Å². The van der Waals surface area contributed by atoms with E-state index in [0.29, 0.717) is 30.2 Å². The van der Waals surface area contributed by atoms with Gasteiger partial charge in [-0.25, -0.2) is 0 Å². The van der Waals surface area contributed by atoms with Crippen molar-refractivity contribution in [3.8, 4) is 0 Å². The van der Waals surface area contributed by atoms with Crippen LogP contribution in [0.4, 0.5) is 0 Å².